The zero-order valence-corrected chi connectivity index (χ0v) is 21.6. The van der Waals surface area contributed by atoms with Crippen LogP contribution in [0, 0.1) is 11.6 Å². The molecule has 0 saturated heterocycles. The molecule has 0 amide bonds. The molecule has 1 atom stereocenters. The van der Waals surface area contributed by atoms with Gasteiger partial charge in [0.15, 0.2) is 11.6 Å². The van der Waals surface area contributed by atoms with E-state index in [1.807, 2.05) is 45.3 Å². The van der Waals surface area contributed by atoms with Crippen LogP contribution in [0.1, 0.15) is 24.9 Å². The minimum atomic E-state index is -0.713. The molecular weight excluding hydrogens is 500 g/mol. The van der Waals surface area contributed by atoms with Crippen LogP contribution in [0.2, 0.25) is 0 Å². The number of hydrogen-bond donors (Lipinski definition) is 0. The van der Waals surface area contributed by atoms with Gasteiger partial charge in [0.05, 0.1) is 30.7 Å². The molecule has 7 nitrogen and oxygen atoms in total. The van der Waals surface area contributed by atoms with Gasteiger partial charge in [0.25, 0.3) is 5.56 Å². The van der Waals surface area contributed by atoms with E-state index in [0.717, 1.165) is 30.2 Å². The van der Waals surface area contributed by atoms with Gasteiger partial charge in [0.2, 0.25) is 0 Å². The summed E-state index contributed by atoms with van der Waals surface area (Å²) in [5.41, 5.74) is 1.79. The van der Waals surface area contributed by atoms with Crippen molar-refractivity contribution in [1.82, 2.24) is 24.6 Å². The summed E-state index contributed by atoms with van der Waals surface area (Å²) in [5, 5.41) is 4.38. The van der Waals surface area contributed by atoms with Crippen LogP contribution in [0.4, 0.5) is 8.78 Å². The summed E-state index contributed by atoms with van der Waals surface area (Å²) < 4.78 is 34.4. The zero-order chi connectivity index (χ0) is 25.7. The van der Waals surface area contributed by atoms with Gasteiger partial charge in [-0.2, -0.15) is 5.10 Å². The van der Waals surface area contributed by atoms with Crippen LogP contribution in [0.15, 0.2) is 71.8 Å². The van der Waals surface area contributed by atoms with Crippen molar-refractivity contribution >= 4 is 12.4 Å². The van der Waals surface area contributed by atoms with Crippen LogP contribution in [0.25, 0.3) is 22.6 Å². The van der Waals surface area contributed by atoms with Gasteiger partial charge in [-0.1, -0.05) is 18.2 Å². The molecule has 2 aromatic heterocycles. The molecule has 0 unspecified atom stereocenters. The number of benzene rings is 2. The molecule has 0 bridgehead atoms. The molecule has 0 N–H and O–H groups in total. The average Bonchev–Trinajstić information content (AvgIpc) is 2.86. The summed E-state index contributed by atoms with van der Waals surface area (Å²) in [6, 6.07) is 13.0. The number of rotatable bonds is 9. The summed E-state index contributed by atoms with van der Waals surface area (Å²) in [5.74, 6) is -0.303. The molecule has 4 aromatic rings. The predicted molar refractivity (Wildman–Crippen MR) is 141 cm³/mol. The molecule has 0 aliphatic rings. The van der Waals surface area contributed by atoms with Gasteiger partial charge in [-0.3, -0.25) is 4.79 Å². The lowest BCUT2D eigenvalue weighted by atomic mass is 10.0. The van der Waals surface area contributed by atoms with Crippen molar-refractivity contribution in [3.05, 3.63) is 94.5 Å². The fourth-order valence-corrected chi connectivity index (χ4v) is 3.75. The van der Waals surface area contributed by atoms with E-state index < -0.39 is 17.7 Å². The quantitative estimate of drug-likeness (QED) is 0.285. The van der Waals surface area contributed by atoms with E-state index in [1.54, 1.807) is 12.4 Å². The lowest BCUT2D eigenvalue weighted by molar-refractivity contribution is 0.280. The van der Waals surface area contributed by atoms with Crippen LogP contribution in [-0.2, 0) is 0 Å². The van der Waals surface area contributed by atoms with E-state index in [0.29, 0.717) is 23.9 Å². The average molecular weight is 528 g/mol. The fraction of sp³-hybridized carbons (Fsp3) is 0.259. The van der Waals surface area contributed by atoms with Crippen molar-refractivity contribution < 1.29 is 13.5 Å². The van der Waals surface area contributed by atoms with Crippen molar-refractivity contribution in [3.63, 3.8) is 0 Å². The third-order valence-corrected chi connectivity index (χ3v) is 5.62. The molecule has 10 heteroatoms. The number of ether oxygens (including phenoxy) is 1. The second kappa shape index (κ2) is 12.5. The van der Waals surface area contributed by atoms with Crippen molar-refractivity contribution in [2.75, 3.05) is 27.2 Å². The number of aromatic nitrogens is 4. The van der Waals surface area contributed by atoms with E-state index in [2.05, 4.69) is 20.0 Å². The van der Waals surface area contributed by atoms with Crippen molar-refractivity contribution in [3.8, 4) is 28.4 Å². The predicted octanol–water partition coefficient (Wildman–Crippen LogP) is 5.01. The van der Waals surface area contributed by atoms with Gasteiger partial charge in [0.1, 0.15) is 11.6 Å². The first-order chi connectivity index (χ1) is 17.3. The van der Waals surface area contributed by atoms with Crippen LogP contribution in [0.3, 0.4) is 0 Å². The molecule has 0 aliphatic carbocycles. The Morgan fingerprint density at radius 2 is 1.68 bits per heavy atom. The number of halogens is 3. The smallest absolute Gasteiger partial charge is 0.267 e. The minimum Gasteiger partial charge on any atom is -0.490 e. The van der Waals surface area contributed by atoms with Gasteiger partial charge >= 0.3 is 0 Å². The maximum absolute atomic E-state index is 13.7. The zero-order valence-electron chi connectivity index (χ0n) is 20.8. The lowest BCUT2D eigenvalue weighted by Crippen LogP contribution is -2.26. The van der Waals surface area contributed by atoms with Gasteiger partial charge in [-0.15, -0.1) is 12.4 Å². The third-order valence-electron chi connectivity index (χ3n) is 5.62. The van der Waals surface area contributed by atoms with E-state index in [1.165, 1.54) is 28.9 Å². The summed E-state index contributed by atoms with van der Waals surface area (Å²) in [6.07, 6.45) is 4.18. The van der Waals surface area contributed by atoms with E-state index in [-0.39, 0.29) is 23.5 Å². The minimum absolute atomic E-state index is 0. The molecule has 2 aromatic carbocycles. The van der Waals surface area contributed by atoms with Crippen molar-refractivity contribution in [2.45, 2.75) is 19.4 Å². The summed E-state index contributed by atoms with van der Waals surface area (Å²) in [6.45, 7) is 3.34. The van der Waals surface area contributed by atoms with E-state index >= 15 is 0 Å². The highest BCUT2D eigenvalue weighted by Gasteiger charge is 2.15. The maximum Gasteiger partial charge on any atom is 0.267 e. The van der Waals surface area contributed by atoms with E-state index in [4.69, 9.17) is 4.74 Å². The fourth-order valence-electron chi connectivity index (χ4n) is 3.75. The normalized spacial score (nSPS) is 11.7. The largest absolute Gasteiger partial charge is 0.490 e. The topological polar surface area (TPSA) is 73.1 Å². The van der Waals surface area contributed by atoms with Gasteiger partial charge in [0, 0.05) is 29.8 Å². The first-order valence-corrected chi connectivity index (χ1v) is 11.6. The second-order valence-electron chi connectivity index (χ2n) is 8.71. The second-order valence-corrected chi connectivity index (χ2v) is 8.71. The molecule has 4 rings (SSSR count). The van der Waals surface area contributed by atoms with Gasteiger partial charge in [-0.25, -0.2) is 23.4 Å². The molecular formula is C27H28ClF2N5O2. The molecule has 0 aliphatic heterocycles. The Morgan fingerprint density at radius 3 is 2.35 bits per heavy atom. The third kappa shape index (κ3) is 7.18. The summed E-state index contributed by atoms with van der Waals surface area (Å²) in [7, 11) is 4.03. The van der Waals surface area contributed by atoms with Crippen LogP contribution in [0.5, 0.6) is 5.75 Å². The first kappa shape index (κ1) is 27.9. The highest BCUT2D eigenvalue weighted by Crippen LogP contribution is 2.24. The molecule has 2 heterocycles. The Bertz CT molecular complexity index is 1380. The molecule has 0 saturated carbocycles. The molecule has 194 valence electrons. The van der Waals surface area contributed by atoms with Crippen molar-refractivity contribution in [1.29, 1.82) is 0 Å². The van der Waals surface area contributed by atoms with Gasteiger partial charge < -0.3 is 9.64 Å². The molecule has 0 radical (unpaired) electrons. The SMILES string of the molecule is C[C@H](c1cccc(-c2ncc(OCCCN(C)C)cn2)c1)n1nc(-c2cc(F)cc(F)c2)ccc1=O.Cl. The molecule has 0 spiro atoms. The molecule has 37 heavy (non-hydrogen) atoms. The Hall–Kier alpha value is -3.69. The first-order valence-electron chi connectivity index (χ1n) is 11.6. The van der Waals surface area contributed by atoms with E-state index in [9.17, 15) is 13.6 Å². The van der Waals surface area contributed by atoms with Crippen LogP contribution >= 0.6 is 12.4 Å². The maximum atomic E-state index is 13.7. The Balaban J connectivity index is 0.00000380. The highest BCUT2D eigenvalue weighted by atomic mass is 35.5. The van der Waals surface area contributed by atoms with Gasteiger partial charge in [-0.05, 0) is 57.3 Å². The summed E-state index contributed by atoms with van der Waals surface area (Å²) >= 11 is 0. The Labute approximate surface area is 220 Å². The monoisotopic (exact) mass is 527 g/mol. The Kier molecular flexibility index (Phi) is 9.43. The number of nitrogens with zero attached hydrogens (tertiary/aromatic N) is 5. The summed E-state index contributed by atoms with van der Waals surface area (Å²) in [4.78, 5) is 23.5. The highest BCUT2D eigenvalue weighted by molar-refractivity contribution is 5.85. The molecule has 0 fully saturated rings. The van der Waals surface area contributed by atoms with Crippen molar-refractivity contribution in [2.24, 2.45) is 0 Å². The lowest BCUT2D eigenvalue weighted by Gasteiger charge is -2.16. The number of hydrogen-bond acceptors (Lipinski definition) is 6. The standard InChI is InChI=1S/C27H27F2N5O2.ClH/c1-18(34-26(35)9-8-25(32-34)21-13-22(28)15-23(29)14-21)19-6-4-7-20(12-19)27-30-16-24(17-31-27)36-11-5-10-33(2)3;/h4,6-9,12-18H,5,10-11H2,1-3H3;1H/t18-;/m1./s1. The Morgan fingerprint density at radius 1 is 0.973 bits per heavy atom. The van der Waals surface area contributed by atoms with Crippen LogP contribution in [-0.4, -0.2) is 51.9 Å². The van der Waals surface area contributed by atoms with Crippen LogP contribution < -0.4 is 10.3 Å².